The summed E-state index contributed by atoms with van der Waals surface area (Å²) in [6.45, 7) is 12.7. The number of aromatic carboxylic acids is 1. The number of carbonyl (C=O) groups excluding carboxylic acids is 8. The number of benzene rings is 1. The van der Waals surface area contributed by atoms with E-state index < -0.39 is 88.9 Å². The highest BCUT2D eigenvalue weighted by atomic mass is 16.5. The van der Waals surface area contributed by atoms with E-state index in [1.165, 1.54) is 31.5 Å². The summed E-state index contributed by atoms with van der Waals surface area (Å²) in [6.07, 6.45) is 9.72. The number of amides is 5. The molecule has 386 valence electrons. The molecule has 3 fully saturated rings. The number of Topliss-reactive ketones (excluding diaryl/α,β-unsaturated/α-hetero) is 2. The van der Waals surface area contributed by atoms with Gasteiger partial charge in [-0.25, -0.2) is 9.59 Å². The third kappa shape index (κ3) is 14.1. The van der Waals surface area contributed by atoms with E-state index in [-0.39, 0.29) is 67.4 Å². The van der Waals surface area contributed by atoms with Crippen molar-refractivity contribution >= 4 is 53.0 Å². The summed E-state index contributed by atoms with van der Waals surface area (Å²) in [7, 11) is 1.22. The summed E-state index contributed by atoms with van der Waals surface area (Å²) < 4.78 is 10.8. The summed E-state index contributed by atoms with van der Waals surface area (Å²) >= 11 is 0. The molecule has 2 saturated heterocycles. The first-order valence-electron chi connectivity index (χ1n) is 24.8. The molecule has 1 aromatic carbocycles. The molecule has 3 heterocycles. The fourth-order valence-corrected chi connectivity index (χ4v) is 9.91. The lowest BCUT2D eigenvalue weighted by molar-refractivity contribution is -0.149. The van der Waals surface area contributed by atoms with Crippen molar-refractivity contribution in [3.8, 4) is 5.75 Å². The monoisotopic (exact) mass is 985 g/mol. The number of nitrogens with zero attached hydrogens (tertiary/aromatic N) is 3. The van der Waals surface area contributed by atoms with Crippen LogP contribution in [0.25, 0.3) is 0 Å². The number of ether oxygens (including phenoxy) is 2. The van der Waals surface area contributed by atoms with Gasteiger partial charge in [-0.15, -0.1) is 0 Å². The minimum atomic E-state index is -1.34. The van der Waals surface area contributed by atoms with Crippen LogP contribution in [0.3, 0.4) is 0 Å². The molecular weight excluding hydrogens is 913 g/mol. The SMILES string of the molecule is COC(=O)/C=C/CC[C@H](CCC(=O)c1ccncc1C(=O)O)C(=O)N[C@H](C(=O)N1CC(=O)C[C@H]1C(=O)N[C@H](C(=O)N1CCC[C@@]1(C)C(=O)N[C@H](C)COc1c(C)cccc1C)C1CCCCC1)C(C)(C)C. The van der Waals surface area contributed by atoms with Gasteiger partial charge in [0.05, 0.1) is 25.3 Å². The van der Waals surface area contributed by atoms with Crippen molar-refractivity contribution in [2.75, 3.05) is 26.8 Å². The summed E-state index contributed by atoms with van der Waals surface area (Å²) in [6, 6.07) is 3.14. The molecule has 18 heteroatoms. The van der Waals surface area contributed by atoms with Crippen LogP contribution in [0.15, 0.2) is 48.8 Å². The zero-order valence-corrected chi connectivity index (χ0v) is 42.5. The van der Waals surface area contributed by atoms with Crippen LogP contribution in [0.5, 0.6) is 5.75 Å². The topological polar surface area (TPSA) is 248 Å². The number of allylic oxidation sites excluding steroid dienone is 1. The molecule has 5 rings (SSSR count). The van der Waals surface area contributed by atoms with Crippen molar-refractivity contribution in [3.63, 3.8) is 0 Å². The molecule has 1 aliphatic carbocycles. The Hall–Kier alpha value is -6.46. The molecule has 0 unspecified atom stereocenters. The summed E-state index contributed by atoms with van der Waals surface area (Å²) in [5, 5.41) is 18.5. The smallest absolute Gasteiger partial charge is 0.338 e. The first kappa shape index (κ1) is 55.5. The van der Waals surface area contributed by atoms with Gasteiger partial charge < -0.3 is 40.3 Å². The van der Waals surface area contributed by atoms with Gasteiger partial charge in [0.25, 0.3) is 0 Å². The van der Waals surface area contributed by atoms with Crippen molar-refractivity contribution in [1.82, 2.24) is 30.7 Å². The van der Waals surface area contributed by atoms with Gasteiger partial charge in [-0.1, -0.05) is 64.3 Å². The first-order chi connectivity index (χ1) is 33.6. The quantitative estimate of drug-likeness (QED) is 0.0713. The number of aryl methyl sites for hydroxylation is 2. The minimum Gasteiger partial charge on any atom is -0.491 e. The fraction of sp³-hybridized carbons (Fsp3) is 0.585. The summed E-state index contributed by atoms with van der Waals surface area (Å²) in [4.78, 5) is 129. The molecule has 2 aromatic rings. The van der Waals surface area contributed by atoms with Crippen LogP contribution in [0.1, 0.15) is 144 Å². The lowest BCUT2D eigenvalue weighted by Crippen LogP contribution is -2.63. The van der Waals surface area contributed by atoms with E-state index in [4.69, 9.17) is 4.74 Å². The largest absolute Gasteiger partial charge is 0.491 e. The zero-order valence-electron chi connectivity index (χ0n) is 42.5. The number of carbonyl (C=O) groups is 9. The molecule has 2 aliphatic heterocycles. The number of methoxy groups -OCH3 is 1. The number of hydrogen-bond donors (Lipinski definition) is 4. The first-order valence-corrected chi connectivity index (χ1v) is 24.8. The number of rotatable bonds is 21. The highest BCUT2D eigenvalue weighted by Gasteiger charge is 2.50. The average Bonchev–Trinajstić information content (AvgIpc) is 3.94. The van der Waals surface area contributed by atoms with Crippen LogP contribution in [0.4, 0.5) is 0 Å². The van der Waals surface area contributed by atoms with E-state index in [1.54, 1.807) is 32.6 Å². The predicted molar refractivity (Wildman–Crippen MR) is 262 cm³/mol. The van der Waals surface area contributed by atoms with Gasteiger partial charge in [0.1, 0.15) is 36.0 Å². The highest BCUT2D eigenvalue weighted by Crippen LogP contribution is 2.35. The molecule has 5 amide bonds. The molecule has 0 radical (unpaired) electrons. The normalized spacial score (nSPS) is 20.2. The number of carboxylic acids is 1. The van der Waals surface area contributed by atoms with Gasteiger partial charge in [-0.3, -0.25) is 38.5 Å². The van der Waals surface area contributed by atoms with Crippen LogP contribution < -0.4 is 20.7 Å². The second kappa shape index (κ2) is 24.6. The van der Waals surface area contributed by atoms with E-state index in [0.717, 1.165) is 47.2 Å². The maximum absolute atomic E-state index is 14.9. The number of para-hydroxylation sites is 1. The molecule has 18 nitrogen and oxygen atoms in total. The van der Waals surface area contributed by atoms with Crippen LogP contribution in [-0.4, -0.2) is 129 Å². The Kier molecular flexibility index (Phi) is 19.2. The summed E-state index contributed by atoms with van der Waals surface area (Å²) in [5.74, 6) is -6.03. The number of carboxylic acid groups (broad SMARTS) is 1. The van der Waals surface area contributed by atoms with Gasteiger partial charge in [0.15, 0.2) is 11.6 Å². The second-order valence-electron chi connectivity index (χ2n) is 20.6. The molecular formula is C53H72N6O12. The van der Waals surface area contributed by atoms with Gasteiger partial charge >= 0.3 is 11.9 Å². The highest BCUT2D eigenvalue weighted by molar-refractivity contribution is 6.06. The Bertz CT molecular complexity index is 2330. The average molecular weight is 985 g/mol. The van der Waals surface area contributed by atoms with Gasteiger partial charge in [-0.05, 0) is 101 Å². The molecule has 1 saturated carbocycles. The minimum absolute atomic E-state index is 0.0498. The molecule has 3 aliphatic rings. The number of aromatic nitrogens is 1. The van der Waals surface area contributed by atoms with E-state index in [9.17, 15) is 48.3 Å². The molecule has 71 heavy (non-hydrogen) atoms. The number of nitrogens with one attached hydrogen (secondary N) is 3. The van der Waals surface area contributed by atoms with E-state index in [2.05, 4.69) is 25.7 Å². The van der Waals surface area contributed by atoms with Crippen LogP contribution >= 0.6 is 0 Å². The van der Waals surface area contributed by atoms with Gasteiger partial charge in [0.2, 0.25) is 29.5 Å². The third-order valence-electron chi connectivity index (χ3n) is 14.1. The Labute approximate surface area is 416 Å². The van der Waals surface area contributed by atoms with Crippen LogP contribution in [0, 0.1) is 31.1 Å². The van der Waals surface area contributed by atoms with Crippen molar-refractivity contribution in [3.05, 3.63) is 71.1 Å². The van der Waals surface area contributed by atoms with E-state index in [1.807, 2.05) is 39.0 Å². The lowest BCUT2D eigenvalue weighted by Gasteiger charge is -2.40. The van der Waals surface area contributed by atoms with Gasteiger partial charge in [0, 0.05) is 49.3 Å². The number of ketones is 2. The fourth-order valence-electron chi connectivity index (χ4n) is 9.91. The van der Waals surface area contributed by atoms with Crippen LogP contribution in [0.2, 0.25) is 0 Å². The lowest BCUT2D eigenvalue weighted by atomic mass is 9.82. The summed E-state index contributed by atoms with van der Waals surface area (Å²) in [5.41, 5.74) is -0.610. The molecule has 4 N–H and O–H groups in total. The van der Waals surface area contributed by atoms with E-state index in [0.29, 0.717) is 32.2 Å². The molecule has 1 aromatic heterocycles. The zero-order chi connectivity index (χ0) is 52.2. The van der Waals surface area contributed by atoms with E-state index >= 15 is 0 Å². The molecule has 0 bridgehead atoms. The molecule has 0 spiro atoms. The Morgan fingerprint density at radius 3 is 2.27 bits per heavy atom. The number of hydrogen-bond acceptors (Lipinski definition) is 12. The Morgan fingerprint density at radius 2 is 1.62 bits per heavy atom. The van der Waals surface area contributed by atoms with Crippen molar-refractivity contribution in [2.24, 2.45) is 17.3 Å². The maximum atomic E-state index is 14.9. The van der Waals surface area contributed by atoms with Gasteiger partial charge in [-0.2, -0.15) is 0 Å². The molecule has 6 atom stereocenters. The Morgan fingerprint density at radius 1 is 0.930 bits per heavy atom. The number of esters is 1. The second-order valence-corrected chi connectivity index (χ2v) is 20.6. The predicted octanol–water partition coefficient (Wildman–Crippen LogP) is 5.22. The standard InChI is InChI=1S/C53H72N6O12/c1-32-16-14-17-33(2)44(32)71-31-34(3)55-51(69)53(7)25-15-27-59(53)48(65)43(35-18-10-9-11-19-35)56-47(64)40-28-37(60)30-58(40)49(66)45(52(4,5)6)57-46(63)36(20-12-13-21-42(62)70-8)22-23-41(61)38-24-26-54-29-39(38)50(67)68/h13-14,16-17,21,24,26,29,34-36,40,43,45H,9-12,15,18-20,22-23,25,27-28,30-31H2,1-8H3,(H,55,69)(H,56,64)(H,57,63)(H,67,68)/b21-13+/t34-,36-,40+,43+,45-,53+/m1/s1. The van der Waals surface area contributed by atoms with Crippen molar-refractivity contribution < 1.29 is 57.7 Å². The number of pyridine rings is 1. The van der Waals surface area contributed by atoms with Crippen molar-refractivity contribution in [2.45, 2.75) is 155 Å². The van der Waals surface area contributed by atoms with Crippen LogP contribution in [-0.2, 0) is 38.3 Å². The maximum Gasteiger partial charge on any atom is 0.338 e. The Balaban J connectivity index is 1.33. The van der Waals surface area contributed by atoms with Crippen molar-refractivity contribution in [1.29, 1.82) is 0 Å². The third-order valence-corrected chi connectivity index (χ3v) is 14.1. The number of likely N-dealkylation sites (tertiary alicyclic amines) is 2.